The maximum absolute atomic E-state index is 4.29. The smallest absolute Gasteiger partial charge is 0.115 e. The molecule has 0 aliphatic rings. The van der Waals surface area contributed by atoms with Gasteiger partial charge in [-0.05, 0) is 25.5 Å². The minimum atomic E-state index is 0.356. The molecular formula is C12H21N3. The first-order chi connectivity index (χ1) is 7.27. The summed E-state index contributed by atoms with van der Waals surface area (Å²) in [5.41, 5.74) is 1.09. The standard InChI is InChI=1S/C12H21N3/c1-4-5-10(2)8-12(13-3)11-6-7-14-9-15-11/h6-7,9-10,12-13H,4-5,8H2,1-3H3. The molecule has 0 radical (unpaired) electrons. The first-order valence-corrected chi connectivity index (χ1v) is 5.71. The first-order valence-electron chi connectivity index (χ1n) is 5.71. The highest BCUT2D eigenvalue weighted by molar-refractivity contribution is 5.04. The Hall–Kier alpha value is -0.960. The van der Waals surface area contributed by atoms with Crippen molar-refractivity contribution in [2.75, 3.05) is 7.05 Å². The van der Waals surface area contributed by atoms with Gasteiger partial charge in [0.05, 0.1) is 5.69 Å². The molecule has 3 nitrogen and oxygen atoms in total. The topological polar surface area (TPSA) is 37.8 Å². The van der Waals surface area contributed by atoms with Crippen LogP contribution in [0.2, 0.25) is 0 Å². The third kappa shape index (κ3) is 3.96. The largest absolute Gasteiger partial charge is 0.312 e. The van der Waals surface area contributed by atoms with E-state index in [0.29, 0.717) is 6.04 Å². The zero-order chi connectivity index (χ0) is 11.1. The Morgan fingerprint density at radius 1 is 1.47 bits per heavy atom. The monoisotopic (exact) mass is 207 g/mol. The summed E-state index contributed by atoms with van der Waals surface area (Å²) in [6.45, 7) is 4.53. The van der Waals surface area contributed by atoms with E-state index in [0.717, 1.165) is 18.0 Å². The number of aromatic nitrogens is 2. The molecule has 84 valence electrons. The summed E-state index contributed by atoms with van der Waals surface area (Å²) in [6.07, 6.45) is 7.09. The minimum absolute atomic E-state index is 0.356. The second-order valence-electron chi connectivity index (χ2n) is 4.11. The predicted molar refractivity (Wildman–Crippen MR) is 62.5 cm³/mol. The van der Waals surface area contributed by atoms with E-state index in [2.05, 4.69) is 29.1 Å². The van der Waals surface area contributed by atoms with Crippen molar-refractivity contribution in [3.05, 3.63) is 24.3 Å². The molecule has 0 aliphatic carbocycles. The number of nitrogens with zero attached hydrogens (tertiary/aromatic N) is 2. The Kier molecular flexibility index (Phi) is 5.26. The molecule has 0 saturated carbocycles. The van der Waals surface area contributed by atoms with Crippen LogP contribution in [0.3, 0.4) is 0 Å². The summed E-state index contributed by atoms with van der Waals surface area (Å²) in [6, 6.07) is 2.34. The van der Waals surface area contributed by atoms with Crippen molar-refractivity contribution in [3.63, 3.8) is 0 Å². The van der Waals surface area contributed by atoms with Crippen LogP contribution in [0.15, 0.2) is 18.6 Å². The molecule has 2 atom stereocenters. The van der Waals surface area contributed by atoms with Gasteiger partial charge in [-0.3, -0.25) is 0 Å². The van der Waals surface area contributed by atoms with Gasteiger partial charge in [0.2, 0.25) is 0 Å². The fraction of sp³-hybridized carbons (Fsp3) is 0.667. The van der Waals surface area contributed by atoms with E-state index in [9.17, 15) is 0 Å². The molecule has 1 aromatic heterocycles. The SMILES string of the molecule is CCCC(C)CC(NC)c1ccncn1. The molecule has 0 aromatic carbocycles. The third-order valence-corrected chi connectivity index (χ3v) is 2.73. The molecule has 3 heteroatoms. The number of rotatable bonds is 6. The van der Waals surface area contributed by atoms with Crippen LogP contribution in [0, 0.1) is 5.92 Å². The van der Waals surface area contributed by atoms with E-state index in [1.165, 1.54) is 12.8 Å². The normalized spacial score (nSPS) is 14.9. The van der Waals surface area contributed by atoms with E-state index in [-0.39, 0.29) is 0 Å². The quantitative estimate of drug-likeness (QED) is 0.779. The molecule has 0 bridgehead atoms. The number of hydrogen-bond acceptors (Lipinski definition) is 3. The van der Waals surface area contributed by atoms with Crippen LogP contribution in [-0.2, 0) is 0 Å². The van der Waals surface area contributed by atoms with Crippen LogP contribution in [-0.4, -0.2) is 17.0 Å². The van der Waals surface area contributed by atoms with Gasteiger partial charge in [0.1, 0.15) is 6.33 Å². The highest BCUT2D eigenvalue weighted by Crippen LogP contribution is 2.21. The zero-order valence-corrected chi connectivity index (χ0v) is 9.90. The van der Waals surface area contributed by atoms with Crippen molar-refractivity contribution in [2.45, 2.75) is 39.2 Å². The van der Waals surface area contributed by atoms with Gasteiger partial charge >= 0.3 is 0 Å². The Bertz CT molecular complexity index is 261. The molecule has 0 saturated heterocycles. The van der Waals surface area contributed by atoms with Gasteiger partial charge in [0, 0.05) is 12.2 Å². The Morgan fingerprint density at radius 3 is 2.80 bits per heavy atom. The van der Waals surface area contributed by atoms with Crippen LogP contribution in [0.1, 0.15) is 44.8 Å². The highest BCUT2D eigenvalue weighted by atomic mass is 14.9. The number of hydrogen-bond donors (Lipinski definition) is 1. The molecule has 1 rings (SSSR count). The lowest BCUT2D eigenvalue weighted by Crippen LogP contribution is -2.20. The Morgan fingerprint density at radius 2 is 2.27 bits per heavy atom. The van der Waals surface area contributed by atoms with Gasteiger partial charge in [0.15, 0.2) is 0 Å². The maximum atomic E-state index is 4.29. The summed E-state index contributed by atoms with van der Waals surface area (Å²) in [7, 11) is 1.99. The first kappa shape index (κ1) is 12.1. The predicted octanol–water partition coefficient (Wildman–Crippen LogP) is 2.56. The van der Waals surface area contributed by atoms with Gasteiger partial charge in [-0.15, -0.1) is 0 Å². The molecule has 0 amide bonds. The van der Waals surface area contributed by atoms with Gasteiger partial charge in [-0.2, -0.15) is 0 Å². The number of nitrogens with one attached hydrogen (secondary N) is 1. The highest BCUT2D eigenvalue weighted by Gasteiger charge is 2.13. The molecule has 1 N–H and O–H groups in total. The van der Waals surface area contributed by atoms with Crippen molar-refractivity contribution >= 4 is 0 Å². The van der Waals surface area contributed by atoms with Crippen LogP contribution in [0.5, 0.6) is 0 Å². The fourth-order valence-corrected chi connectivity index (χ4v) is 1.91. The molecule has 2 unspecified atom stereocenters. The Labute approximate surface area is 92.3 Å². The van der Waals surface area contributed by atoms with E-state index < -0.39 is 0 Å². The van der Waals surface area contributed by atoms with Crippen molar-refractivity contribution in [1.29, 1.82) is 0 Å². The summed E-state index contributed by atoms with van der Waals surface area (Å²) < 4.78 is 0. The lowest BCUT2D eigenvalue weighted by Gasteiger charge is -2.19. The second-order valence-corrected chi connectivity index (χ2v) is 4.11. The van der Waals surface area contributed by atoms with E-state index >= 15 is 0 Å². The molecule has 1 aromatic rings. The summed E-state index contributed by atoms with van der Waals surface area (Å²) in [5, 5.41) is 3.32. The van der Waals surface area contributed by atoms with Gasteiger partial charge < -0.3 is 5.32 Å². The molecule has 0 aliphatic heterocycles. The van der Waals surface area contributed by atoms with E-state index in [1.54, 1.807) is 12.5 Å². The van der Waals surface area contributed by atoms with Crippen molar-refractivity contribution in [2.24, 2.45) is 5.92 Å². The van der Waals surface area contributed by atoms with E-state index in [4.69, 9.17) is 0 Å². The Balaban J connectivity index is 2.56. The van der Waals surface area contributed by atoms with Crippen LogP contribution >= 0.6 is 0 Å². The molecule has 0 fully saturated rings. The molecule has 15 heavy (non-hydrogen) atoms. The summed E-state index contributed by atoms with van der Waals surface area (Å²) in [5.74, 6) is 0.738. The molecule has 1 heterocycles. The van der Waals surface area contributed by atoms with Crippen molar-refractivity contribution < 1.29 is 0 Å². The van der Waals surface area contributed by atoms with Crippen LogP contribution in [0.4, 0.5) is 0 Å². The average Bonchev–Trinajstić information content (AvgIpc) is 2.27. The lowest BCUT2D eigenvalue weighted by molar-refractivity contribution is 0.401. The third-order valence-electron chi connectivity index (χ3n) is 2.73. The molecular weight excluding hydrogens is 186 g/mol. The van der Waals surface area contributed by atoms with Crippen LogP contribution in [0.25, 0.3) is 0 Å². The average molecular weight is 207 g/mol. The summed E-state index contributed by atoms with van der Waals surface area (Å²) in [4.78, 5) is 8.23. The van der Waals surface area contributed by atoms with Crippen LogP contribution < -0.4 is 5.32 Å². The lowest BCUT2D eigenvalue weighted by atomic mass is 9.95. The van der Waals surface area contributed by atoms with Gasteiger partial charge in [0.25, 0.3) is 0 Å². The van der Waals surface area contributed by atoms with Gasteiger partial charge in [-0.25, -0.2) is 9.97 Å². The van der Waals surface area contributed by atoms with E-state index in [1.807, 2.05) is 13.1 Å². The van der Waals surface area contributed by atoms with Crippen molar-refractivity contribution in [3.8, 4) is 0 Å². The maximum Gasteiger partial charge on any atom is 0.115 e. The zero-order valence-electron chi connectivity index (χ0n) is 9.90. The fourth-order valence-electron chi connectivity index (χ4n) is 1.91. The molecule has 0 spiro atoms. The van der Waals surface area contributed by atoms with Gasteiger partial charge in [-0.1, -0.05) is 26.7 Å². The van der Waals surface area contributed by atoms with Crippen molar-refractivity contribution in [1.82, 2.24) is 15.3 Å². The second kappa shape index (κ2) is 6.51. The minimum Gasteiger partial charge on any atom is -0.312 e. The summed E-state index contributed by atoms with van der Waals surface area (Å²) >= 11 is 0.